The molecule has 3 unspecified atom stereocenters. The standard InChI is InChI=1S/C17H21NO2/c1-12-6-5-9-17(12)11-15(19)18-16(20)14(17)10-13-7-3-2-4-8-13/h2-4,7-8,12,14H,5-6,9-11H2,1H3,(H,18,19,20). The predicted octanol–water partition coefficient (Wildman–Crippen LogP) is 2.70. The summed E-state index contributed by atoms with van der Waals surface area (Å²) in [6.07, 6.45) is 4.52. The number of piperidine rings is 1. The van der Waals surface area contributed by atoms with Crippen LogP contribution in [0.1, 0.15) is 38.2 Å². The second-order valence-electron chi connectivity index (χ2n) is 6.36. The number of hydrogen-bond donors (Lipinski definition) is 1. The van der Waals surface area contributed by atoms with Crippen molar-refractivity contribution in [3.8, 4) is 0 Å². The molecular formula is C17H21NO2. The van der Waals surface area contributed by atoms with Gasteiger partial charge < -0.3 is 0 Å². The van der Waals surface area contributed by atoms with Crippen LogP contribution in [0.2, 0.25) is 0 Å². The van der Waals surface area contributed by atoms with E-state index in [0.29, 0.717) is 12.3 Å². The van der Waals surface area contributed by atoms with Gasteiger partial charge in [-0.1, -0.05) is 50.1 Å². The summed E-state index contributed by atoms with van der Waals surface area (Å²) in [4.78, 5) is 24.2. The summed E-state index contributed by atoms with van der Waals surface area (Å²) in [5.74, 6) is 0.221. The highest BCUT2D eigenvalue weighted by molar-refractivity contribution is 6.00. The minimum absolute atomic E-state index is 0.0694. The van der Waals surface area contributed by atoms with Gasteiger partial charge in [0, 0.05) is 12.3 Å². The predicted molar refractivity (Wildman–Crippen MR) is 76.9 cm³/mol. The number of nitrogens with one attached hydrogen (secondary N) is 1. The van der Waals surface area contributed by atoms with Crippen LogP contribution in [0.15, 0.2) is 30.3 Å². The van der Waals surface area contributed by atoms with Crippen LogP contribution in [0.4, 0.5) is 0 Å². The molecule has 2 fully saturated rings. The first-order valence-electron chi connectivity index (χ1n) is 7.49. The molecule has 1 aromatic carbocycles. The second-order valence-corrected chi connectivity index (χ2v) is 6.36. The van der Waals surface area contributed by atoms with E-state index in [2.05, 4.69) is 24.4 Å². The van der Waals surface area contributed by atoms with E-state index < -0.39 is 0 Å². The monoisotopic (exact) mass is 271 g/mol. The number of rotatable bonds is 2. The summed E-state index contributed by atoms with van der Waals surface area (Å²) < 4.78 is 0. The Labute approximate surface area is 119 Å². The first kappa shape index (κ1) is 13.3. The van der Waals surface area contributed by atoms with E-state index in [1.807, 2.05) is 18.2 Å². The van der Waals surface area contributed by atoms with E-state index >= 15 is 0 Å². The molecule has 0 radical (unpaired) electrons. The van der Waals surface area contributed by atoms with Gasteiger partial charge in [0.15, 0.2) is 0 Å². The maximum Gasteiger partial charge on any atom is 0.230 e. The van der Waals surface area contributed by atoms with Crippen LogP contribution in [-0.2, 0) is 16.0 Å². The molecule has 1 aliphatic carbocycles. The molecule has 2 amide bonds. The molecule has 3 heteroatoms. The molecule has 1 spiro atoms. The lowest BCUT2D eigenvalue weighted by molar-refractivity contribution is -0.145. The number of imide groups is 1. The summed E-state index contributed by atoms with van der Waals surface area (Å²) in [6, 6.07) is 10.1. The van der Waals surface area contributed by atoms with Gasteiger partial charge in [0.05, 0.1) is 0 Å². The Morgan fingerprint density at radius 3 is 2.65 bits per heavy atom. The van der Waals surface area contributed by atoms with E-state index in [-0.39, 0.29) is 23.1 Å². The number of amides is 2. The van der Waals surface area contributed by atoms with Crippen molar-refractivity contribution < 1.29 is 9.59 Å². The van der Waals surface area contributed by atoms with Crippen molar-refractivity contribution >= 4 is 11.8 Å². The third kappa shape index (κ3) is 2.15. The lowest BCUT2D eigenvalue weighted by Gasteiger charge is -2.43. The number of carbonyl (C=O) groups excluding carboxylic acids is 2. The maximum absolute atomic E-state index is 12.4. The van der Waals surface area contributed by atoms with Crippen LogP contribution in [-0.4, -0.2) is 11.8 Å². The zero-order chi connectivity index (χ0) is 14.2. The molecule has 1 saturated carbocycles. The van der Waals surface area contributed by atoms with E-state index in [0.717, 1.165) is 25.7 Å². The van der Waals surface area contributed by atoms with E-state index in [9.17, 15) is 9.59 Å². The van der Waals surface area contributed by atoms with Crippen LogP contribution in [0, 0.1) is 17.3 Å². The average Bonchev–Trinajstić information content (AvgIpc) is 2.77. The van der Waals surface area contributed by atoms with E-state index in [4.69, 9.17) is 0 Å². The fourth-order valence-electron chi connectivity index (χ4n) is 4.15. The molecule has 20 heavy (non-hydrogen) atoms. The Morgan fingerprint density at radius 2 is 2.00 bits per heavy atom. The van der Waals surface area contributed by atoms with Gasteiger partial charge in [0.25, 0.3) is 0 Å². The number of hydrogen-bond acceptors (Lipinski definition) is 2. The van der Waals surface area contributed by atoms with Gasteiger partial charge in [-0.05, 0) is 29.7 Å². The fourth-order valence-corrected chi connectivity index (χ4v) is 4.15. The van der Waals surface area contributed by atoms with Gasteiger partial charge in [-0.25, -0.2) is 0 Å². The quantitative estimate of drug-likeness (QED) is 0.841. The first-order chi connectivity index (χ1) is 9.62. The molecule has 106 valence electrons. The van der Waals surface area contributed by atoms with Gasteiger partial charge in [0.1, 0.15) is 0 Å². The van der Waals surface area contributed by atoms with Crippen molar-refractivity contribution in [3.63, 3.8) is 0 Å². The van der Waals surface area contributed by atoms with Crippen molar-refractivity contribution in [1.82, 2.24) is 5.32 Å². The zero-order valence-corrected chi connectivity index (χ0v) is 11.9. The van der Waals surface area contributed by atoms with Gasteiger partial charge in [-0.15, -0.1) is 0 Å². The highest BCUT2D eigenvalue weighted by Gasteiger charge is 2.53. The summed E-state index contributed by atoms with van der Waals surface area (Å²) in [5.41, 5.74) is 1.07. The Kier molecular flexibility index (Phi) is 3.36. The van der Waals surface area contributed by atoms with Crippen LogP contribution in [0.25, 0.3) is 0 Å². The molecule has 0 aromatic heterocycles. The summed E-state index contributed by atoms with van der Waals surface area (Å²) in [7, 11) is 0. The van der Waals surface area contributed by atoms with Gasteiger partial charge >= 0.3 is 0 Å². The largest absolute Gasteiger partial charge is 0.296 e. The molecule has 1 heterocycles. The van der Waals surface area contributed by atoms with Crippen molar-refractivity contribution in [2.24, 2.45) is 17.3 Å². The SMILES string of the molecule is CC1CCCC12CC(=O)NC(=O)C2Cc1ccccc1. The molecule has 1 N–H and O–H groups in total. The Balaban J connectivity index is 1.92. The minimum Gasteiger partial charge on any atom is -0.296 e. The second kappa shape index (κ2) is 5.04. The molecule has 3 rings (SSSR count). The number of carbonyl (C=O) groups is 2. The molecule has 1 saturated heterocycles. The van der Waals surface area contributed by atoms with Crippen molar-refractivity contribution in [3.05, 3.63) is 35.9 Å². The molecular weight excluding hydrogens is 250 g/mol. The first-order valence-corrected chi connectivity index (χ1v) is 7.49. The van der Waals surface area contributed by atoms with E-state index in [1.54, 1.807) is 0 Å². The van der Waals surface area contributed by atoms with Crippen molar-refractivity contribution in [1.29, 1.82) is 0 Å². The lowest BCUT2D eigenvalue weighted by Crippen LogP contribution is -2.54. The summed E-state index contributed by atoms with van der Waals surface area (Å²) in [6.45, 7) is 2.21. The van der Waals surface area contributed by atoms with E-state index in [1.165, 1.54) is 5.56 Å². The molecule has 1 aliphatic heterocycles. The Morgan fingerprint density at radius 1 is 1.25 bits per heavy atom. The average molecular weight is 271 g/mol. The van der Waals surface area contributed by atoms with Gasteiger partial charge in [-0.2, -0.15) is 0 Å². The van der Waals surface area contributed by atoms with Crippen LogP contribution in [0.3, 0.4) is 0 Å². The highest BCUT2D eigenvalue weighted by atomic mass is 16.2. The van der Waals surface area contributed by atoms with Gasteiger partial charge in [-0.3, -0.25) is 14.9 Å². The molecule has 1 aromatic rings. The fraction of sp³-hybridized carbons (Fsp3) is 0.529. The summed E-state index contributed by atoms with van der Waals surface area (Å²) >= 11 is 0. The third-order valence-electron chi connectivity index (χ3n) is 5.31. The van der Waals surface area contributed by atoms with Crippen LogP contribution in [0.5, 0.6) is 0 Å². The maximum atomic E-state index is 12.4. The Hall–Kier alpha value is -1.64. The van der Waals surface area contributed by atoms with Crippen molar-refractivity contribution in [2.75, 3.05) is 0 Å². The molecule has 3 nitrogen and oxygen atoms in total. The smallest absolute Gasteiger partial charge is 0.230 e. The lowest BCUT2D eigenvalue weighted by atomic mass is 9.62. The zero-order valence-electron chi connectivity index (χ0n) is 11.9. The molecule has 2 aliphatic rings. The third-order valence-corrected chi connectivity index (χ3v) is 5.31. The van der Waals surface area contributed by atoms with Crippen LogP contribution >= 0.6 is 0 Å². The van der Waals surface area contributed by atoms with Gasteiger partial charge in [0.2, 0.25) is 11.8 Å². The topological polar surface area (TPSA) is 46.2 Å². The highest BCUT2D eigenvalue weighted by Crippen LogP contribution is 2.53. The molecule has 0 bridgehead atoms. The number of benzene rings is 1. The summed E-state index contributed by atoms with van der Waals surface area (Å²) in [5, 5.41) is 2.54. The van der Waals surface area contributed by atoms with Crippen molar-refractivity contribution in [2.45, 2.75) is 39.0 Å². The molecule has 3 atom stereocenters. The van der Waals surface area contributed by atoms with Crippen LogP contribution < -0.4 is 5.32 Å². The minimum atomic E-state index is -0.116. The normalized spacial score (nSPS) is 33.5. The Bertz CT molecular complexity index is 525.